The first-order valence-electron chi connectivity index (χ1n) is 8.66. The van der Waals surface area contributed by atoms with E-state index in [9.17, 15) is 0 Å². The molecule has 21 heavy (non-hydrogen) atoms. The molecule has 0 spiro atoms. The second-order valence-electron chi connectivity index (χ2n) is 9.48. The third-order valence-corrected chi connectivity index (χ3v) is 5.93. The van der Waals surface area contributed by atoms with Crippen LogP contribution in [0.25, 0.3) is 0 Å². The third-order valence-electron chi connectivity index (χ3n) is 5.93. The van der Waals surface area contributed by atoms with Gasteiger partial charge in [0.2, 0.25) is 0 Å². The second kappa shape index (κ2) is 5.50. The predicted octanol–water partition coefficient (Wildman–Crippen LogP) is 3.05. The molecule has 0 aromatic heterocycles. The van der Waals surface area contributed by atoms with Gasteiger partial charge in [0.05, 0.1) is 0 Å². The Morgan fingerprint density at radius 3 is 1.67 bits per heavy atom. The monoisotopic (exact) mass is 295 g/mol. The SMILES string of the molecule is CN1C(C)(C)CN(C2CCN(C(C)(C)C)CC2)CC1(C)C. The van der Waals surface area contributed by atoms with Crippen molar-refractivity contribution in [1.29, 1.82) is 0 Å². The van der Waals surface area contributed by atoms with Gasteiger partial charge in [0.15, 0.2) is 0 Å². The molecular formula is C18H37N3. The van der Waals surface area contributed by atoms with Crippen LogP contribution in [0.1, 0.15) is 61.3 Å². The number of hydrogen-bond donors (Lipinski definition) is 0. The van der Waals surface area contributed by atoms with E-state index in [4.69, 9.17) is 0 Å². The van der Waals surface area contributed by atoms with Gasteiger partial charge >= 0.3 is 0 Å². The molecule has 0 saturated carbocycles. The Bertz CT molecular complexity index is 341. The van der Waals surface area contributed by atoms with E-state index in [1.54, 1.807) is 0 Å². The fraction of sp³-hybridized carbons (Fsp3) is 1.00. The molecule has 0 aromatic rings. The summed E-state index contributed by atoms with van der Waals surface area (Å²) >= 11 is 0. The Morgan fingerprint density at radius 2 is 1.29 bits per heavy atom. The van der Waals surface area contributed by atoms with Gasteiger partial charge in [-0.2, -0.15) is 0 Å². The van der Waals surface area contributed by atoms with E-state index in [1.807, 2.05) is 0 Å². The van der Waals surface area contributed by atoms with Crippen molar-refractivity contribution in [3.05, 3.63) is 0 Å². The number of nitrogens with zero attached hydrogens (tertiary/aromatic N) is 3. The highest BCUT2D eigenvalue weighted by molar-refractivity contribution is 5.01. The minimum atomic E-state index is 0.267. The van der Waals surface area contributed by atoms with Gasteiger partial charge in [0, 0.05) is 48.8 Å². The predicted molar refractivity (Wildman–Crippen MR) is 91.8 cm³/mol. The molecule has 2 heterocycles. The molecule has 0 bridgehead atoms. The van der Waals surface area contributed by atoms with Crippen LogP contribution in [0.4, 0.5) is 0 Å². The highest BCUT2D eigenvalue weighted by Gasteiger charge is 2.44. The van der Waals surface area contributed by atoms with Gasteiger partial charge in [-0.3, -0.25) is 14.7 Å². The summed E-state index contributed by atoms with van der Waals surface area (Å²) < 4.78 is 0. The number of likely N-dealkylation sites (N-methyl/N-ethyl adjacent to an activating group) is 1. The molecule has 0 N–H and O–H groups in total. The quantitative estimate of drug-likeness (QED) is 0.736. The molecular weight excluding hydrogens is 258 g/mol. The second-order valence-corrected chi connectivity index (χ2v) is 9.48. The molecule has 0 amide bonds. The Labute approximate surface area is 132 Å². The Balaban J connectivity index is 2.01. The van der Waals surface area contributed by atoms with Crippen LogP contribution in [-0.4, -0.2) is 70.6 Å². The topological polar surface area (TPSA) is 9.72 Å². The Hall–Kier alpha value is -0.120. The van der Waals surface area contributed by atoms with Crippen LogP contribution in [0.2, 0.25) is 0 Å². The summed E-state index contributed by atoms with van der Waals surface area (Å²) in [6.45, 7) is 21.5. The van der Waals surface area contributed by atoms with Crippen molar-refractivity contribution in [2.24, 2.45) is 0 Å². The van der Waals surface area contributed by atoms with Gasteiger partial charge in [-0.1, -0.05) is 0 Å². The van der Waals surface area contributed by atoms with Crippen molar-refractivity contribution in [3.63, 3.8) is 0 Å². The van der Waals surface area contributed by atoms with E-state index < -0.39 is 0 Å². The first-order chi connectivity index (χ1) is 9.43. The van der Waals surface area contributed by atoms with Crippen molar-refractivity contribution in [1.82, 2.24) is 14.7 Å². The zero-order valence-corrected chi connectivity index (χ0v) is 15.7. The van der Waals surface area contributed by atoms with Gasteiger partial charge in [0.25, 0.3) is 0 Å². The zero-order chi connectivity index (χ0) is 16.1. The molecule has 2 aliphatic heterocycles. The maximum Gasteiger partial charge on any atom is 0.0283 e. The number of rotatable bonds is 1. The summed E-state index contributed by atoms with van der Waals surface area (Å²) in [4.78, 5) is 8.00. The molecule has 0 unspecified atom stereocenters. The lowest BCUT2D eigenvalue weighted by molar-refractivity contribution is -0.0759. The first kappa shape index (κ1) is 17.2. The van der Waals surface area contributed by atoms with E-state index in [-0.39, 0.29) is 11.1 Å². The molecule has 2 aliphatic rings. The minimum Gasteiger partial charge on any atom is -0.298 e. The number of hydrogen-bond acceptors (Lipinski definition) is 3. The van der Waals surface area contributed by atoms with Crippen LogP contribution >= 0.6 is 0 Å². The van der Waals surface area contributed by atoms with E-state index in [0.717, 1.165) is 6.04 Å². The maximum absolute atomic E-state index is 2.78. The van der Waals surface area contributed by atoms with Gasteiger partial charge in [-0.15, -0.1) is 0 Å². The van der Waals surface area contributed by atoms with Gasteiger partial charge in [-0.05, 0) is 68.4 Å². The molecule has 3 heteroatoms. The van der Waals surface area contributed by atoms with E-state index in [1.165, 1.54) is 39.0 Å². The van der Waals surface area contributed by atoms with Gasteiger partial charge < -0.3 is 0 Å². The van der Waals surface area contributed by atoms with E-state index in [0.29, 0.717) is 5.54 Å². The fourth-order valence-electron chi connectivity index (χ4n) is 4.24. The van der Waals surface area contributed by atoms with Gasteiger partial charge in [-0.25, -0.2) is 0 Å². The standard InChI is InChI=1S/C18H37N3/c1-16(2,3)21-11-9-15(10-12-21)20-13-17(4,5)19(8)18(6,7)14-20/h15H,9-14H2,1-8H3. The van der Waals surface area contributed by atoms with E-state index in [2.05, 4.69) is 70.2 Å². The van der Waals surface area contributed by atoms with Crippen molar-refractivity contribution in [2.75, 3.05) is 33.2 Å². The summed E-state index contributed by atoms with van der Waals surface area (Å²) in [6.07, 6.45) is 2.65. The third kappa shape index (κ3) is 3.62. The minimum absolute atomic E-state index is 0.267. The highest BCUT2D eigenvalue weighted by Crippen LogP contribution is 2.33. The van der Waals surface area contributed by atoms with Crippen LogP contribution in [0.15, 0.2) is 0 Å². The maximum atomic E-state index is 2.78. The average Bonchev–Trinajstić information content (AvgIpc) is 2.34. The number of likely N-dealkylation sites (tertiary alicyclic amines) is 1. The van der Waals surface area contributed by atoms with Gasteiger partial charge in [0.1, 0.15) is 0 Å². The molecule has 2 fully saturated rings. The van der Waals surface area contributed by atoms with Crippen LogP contribution < -0.4 is 0 Å². The number of piperazine rings is 1. The average molecular weight is 296 g/mol. The van der Waals surface area contributed by atoms with E-state index >= 15 is 0 Å². The lowest BCUT2D eigenvalue weighted by Crippen LogP contribution is -2.69. The normalized spacial score (nSPS) is 29.7. The van der Waals surface area contributed by atoms with Crippen molar-refractivity contribution in [3.8, 4) is 0 Å². The lowest BCUT2D eigenvalue weighted by Gasteiger charge is -2.57. The van der Waals surface area contributed by atoms with Crippen molar-refractivity contribution in [2.45, 2.75) is 84.0 Å². The summed E-state index contributed by atoms with van der Waals surface area (Å²) in [6, 6.07) is 0.774. The van der Waals surface area contributed by atoms with Crippen molar-refractivity contribution < 1.29 is 0 Å². The van der Waals surface area contributed by atoms with Crippen molar-refractivity contribution >= 4 is 0 Å². The molecule has 0 atom stereocenters. The summed E-state index contributed by atoms with van der Waals surface area (Å²) in [5.74, 6) is 0. The molecule has 124 valence electrons. The molecule has 3 nitrogen and oxygen atoms in total. The Morgan fingerprint density at radius 1 is 0.857 bits per heavy atom. The molecule has 0 aromatic carbocycles. The summed E-state index contributed by atoms with van der Waals surface area (Å²) in [5, 5.41) is 0. The summed E-state index contributed by atoms with van der Waals surface area (Å²) in [7, 11) is 2.29. The van der Waals surface area contributed by atoms with Crippen LogP contribution in [0, 0.1) is 0 Å². The summed E-state index contributed by atoms with van der Waals surface area (Å²) in [5.41, 5.74) is 0.859. The van der Waals surface area contributed by atoms with Crippen LogP contribution in [0.3, 0.4) is 0 Å². The highest BCUT2D eigenvalue weighted by atomic mass is 15.4. The lowest BCUT2D eigenvalue weighted by atomic mass is 9.86. The smallest absolute Gasteiger partial charge is 0.0283 e. The Kier molecular flexibility index (Phi) is 4.52. The molecule has 0 aliphatic carbocycles. The largest absolute Gasteiger partial charge is 0.298 e. The molecule has 2 saturated heterocycles. The molecule has 2 rings (SSSR count). The molecule has 0 radical (unpaired) electrons. The fourth-order valence-corrected chi connectivity index (χ4v) is 4.24. The zero-order valence-electron chi connectivity index (χ0n) is 15.7. The number of piperidine rings is 1. The first-order valence-corrected chi connectivity index (χ1v) is 8.66. The van der Waals surface area contributed by atoms with Crippen LogP contribution in [-0.2, 0) is 0 Å². The van der Waals surface area contributed by atoms with Crippen LogP contribution in [0.5, 0.6) is 0 Å².